The Bertz CT molecular complexity index is 2070. The highest BCUT2D eigenvalue weighted by Crippen LogP contribution is 2.31. The van der Waals surface area contributed by atoms with Crippen LogP contribution in [0.15, 0.2) is 94.0 Å². The monoisotopic (exact) mass is 615 g/mol. The van der Waals surface area contributed by atoms with Crippen LogP contribution in [0, 0.1) is 6.92 Å². The van der Waals surface area contributed by atoms with E-state index in [4.69, 9.17) is 32.9 Å². The van der Waals surface area contributed by atoms with Crippen LogP contribution >= 0.6 is 34.5 Å². The van der Waals surface area contributed by atoms with Gasteiger partial charge in [0.25, 0.3) is 5.56 Å². The van der Waals surface area contributed by atoms with Gasteiger partial charge in [-0.15, -0.1) is 0 Å². The van der Waals surface area contributed by atoms with Crippen molar-refractivity contribution in [2.75, 3.05) is 6.61 Å². The third-order valence-electron chi connectivity index (χ3n) is 7.37. The summed E-state index contributed by atoms with van der Waals surface area (Å²) in [4.78, 5) is 32.5. The number of hydrogen-bond acceptors (Lipinski definition) is 5. The molecule has 0 radical (unpaired) electrons. The zero-order valence-corrected chi connectivity index (χ0v) is 25.6. The van der Waals surface area contributed by atoms with Gasteiger partial charge in [-0.1, -0.05) is 88.6 Å². The maximum absolute atomic E-state index is 14.1. The molecule has 0 bridgehead atoms. The maximum Gasteiger partial charge on any atom is 0.338 e. The number of fused-ring (bicyclic) bond motifs is 2. The minimum Gasteiger partial charge on any atom is -0.463 e. The van der Waals surface area contributed by atoms with E-state index in [0.717, 1.165) is 33.2 Å². The van der Waals surface area contributed by atoms with Crippen molar-refractivity contribution >= 4 is 57.5 Å². The molecule has 0 fully saturated rings. The van der Waals surface area contributed by atoms with Gasteiger partial charge in [0.1, 0.15) is 0 Å². The van der Waals surface area contributed by atoms with Crippen molar-refractivity contribution in [1.82, 2.24) is 9.13 Å². The van der Waals surface area contributed by atoms with Crippen molar-refractivity contribution in [2.45, 2.75) is 33.4 Å². The molecule has 5 aromatic rings. The molecule has 0 spiro atoms. The van der Waals surface area contributed by atoms with E-state index in [1.807, 2.05) is 79.9 Å². The largest absolute Gasteiger partial charge is 0.463 e. The van der Waals surface area contributed by atoms with Gasteiger partial charge in [0.05, 0.1) is 28.5 Å². The van der Waals surface area contributed by atoms with E-state index in [-0.39, 0.29) is 12.2 Å². The van der Waals surface area contributed by atoms with Crippen LogP contribution in [-0.2, 0) is 16.1 Å². The van der Waals surface area contributed by atoms with E-state index >= 15 is 0 Å². The van der Waals surface area contributed by atoms with E-state index in [9.17, 15) is 9.59 Å². The molecule has 0 aliphatic carbocycles. The van der Waals surface area contributed by atoms with Crippen LogP contribution in [0.5, 0.6) is 0 Å². The number of halogens is 2. The third kappa shape index (κ3) is 5.13. The summed E-state index contributed by atoms with van der Waals surface area (Å²) >= 11 is 13.9. The molecule has 1 aliphatic rings. The number of aryl methyl sites for hydroxylation is 1. The molecule has 0 unspecified atom stereocenters. The Labute approximate surface area is 256 Å². The van der Waals surface area contributed by atoms with Crippen LogP contribution < -0.4 is 14.9 Å². The molecule has 212 valence electrons. The second-order valence-electron chi connectivity index (χ2n) is 10.2. The molecule has 0 saturated carbocycles. The Balaban J connectivity index is 1.51. The lowest BCUT2D eigenvalue weighted by Crippen LogP contribution is -2.39. The molecule has 0 N–H and O–H groups in total. The van der Waals surface area contributed by atoms with Gasteiger partial charge in [-0.3, -0.25) is 9.36 Å². The summed E-state index contributed by atoms with van der Waals surface area (Å²) in [7, 11) is 0. The number of para-hydroxylation sites is 1. The zero-order valence-electron chi connectivity index (χ0n) is 23.2. The number of thiazole rings is 1. The fourth-order valence-electron chi connectivity index (χ4n) is 5.35. The number of aromatic nitrogens is 2. The molecule has 1 atom stereocenters. The molecule has 0 amide bonds. The van der Waals surface area contributed by atoms with Gasteiger partial charge in [0, 0.05) is 39.3 Å². The van der Waals surface area contributed by atoms with Crippen molar-refractivity contribution in [3.63, 3.8) is 0 Å². The molecular formula is C33H27Cl2N3O3S. The number of hydrogen-bond donors (Lipinski definition) is 0. The zero-order chi connectivity index (χ0) is 29.5. The van der Waals surface area contributed by atoms with Crippen molar-refractivity contribution in [3.05, 3.63) is 136 Å². The van der Waals surface area contributed by atoms with Crippen LogP contribution in [0.3, 0.4) is 0 Å². The first kappa shape index (κ1) is 28.2. The minimum atomic E-state index is -0.642. The predicted molar refractivity (Wildman–Crippen MR) is 169 cm³/mol. The Kier molecular flexibility index (Phi) is 7.66. The summed E-state index contributed by atoms with van der Waals surface area (Å²) in [5.41, 5.74) is 5.46. The summed E-state index contributed by atoms with van der Waals surface area (Å²) in [5.74, 6) is -0.470. The van der Waals surface area contributed by atoms with Gasteiger partial charge in [-0.25, -0.2) is 9.79 Å². The second kappa shape index (κ2) is 11.4. The van der Waals surface area contributed by atoms with Crippen molar-refractivity contribution in [2.24, 2.45) is 4.99 Å². The summed E-state index contributed by atoms with van der Waals surface area (Å²) < 4.78 is 9.66. The Morgan fingerprint density at radius 2 is 1.83 bits per heavy atom. The van der Waals surface area contributed by atoms with Gasteiger partial charge in [0.15, 0.2) is 4.80 Å². The molecule has 2 aromatic heterocycles. The van der Waals surface area contributed by atoms with Gasteiger partial charge in [-0.05, 0) is 56.2 Å². The quantitative estimate of drug-likeness (QED) is 0.207. The van der Waals surface area contributed by atoms with E-state index in [0.29, 0.717) is 37.2 Å². The maximum atomic E-state index is 14.1. The Morgan fingerprint density at radius 3 is 2.57 bits per heavy atom. The molecule has 3 heterocycles. The summed E-state index contributed by atoms with van der Waals surface area (Å²) in [5, 5.41) is 2.19. The Hall–Kier alpha value is -3.91. The predicted octanol–water partition coefficient (Wildman–Crippen LogP) is 6.42. The number of nitrogens with zero attached hydrogens (tertiary/aromatic N) is 3. The highest BCUT2D eigenvalue weighted by atomic mass is 35.5. The fraction of sp³-hybridized carbons (Fsp3) is 0.182. The lowest BCUT2D eigenvalue weighted by atomic mass is 9.95. The SMILES string of the molecule is CCOC(=O)C1=C(C)N=c2s/c(=C\c3cn(Cc4ccc(Cl)cc4Cl)c4ccccc34)c(=O)n2[C@@H]1c1ccc(C)cc1. The lowest BCUT2D eigenvalue weighted by Gasteiger charge is -2.24. The molecule has 6 nitrogen and oxygen atoms in total. The number of carbonyl (C=O) groups excluding carboxylic acids is 1. The van der Waals surface area contributed by atoms with Crippen LogP contribution in [0.25, 0.3) is 17.0 Å². The van der Waals surface area contributed by atoms with Crippen LogP contribution in [-0.4, -0.2) is 21.7 Å². The van der Waals surface area contributed by atoms with Gasteiger partial charge in [-0.2, -0.15) is 0 Å². The number of carbonyl (C=O) groups is 1. The lowest BCUT2D eigenvalue weighted by molar-refractivity contribution is -0.139. The number of rotatable bonds is 6. The van der Waals surface area contributed by atoms with Crippen LogP contribution in [0.1, 0.15) is 42.1 Å². The van der Waals surface area contributed by atoms with Crippen molar-refractivity contribution < 1.29 is 9.53 Å². The standard InChI is InChI=1S/C33H27Cl2N3O3S/c1-4-41-32(40)29-20(3)36-33-38(30(29)21-11-9-19(2)10-12-21)31(39)28(42-33)15-23-18-37(27-8-6-5-7-25(23)27)17-22-13-14-24(34)16-26(22)35/h5-16,18,30H,4,17H2,1-3H3/b28-15-/t30-/m1/s1. The highest BCUT2D eigenvalue weighted by Gasteiger charge is 2.33. The molecule has 3 aromatic carbocycles. The number of esters is 1. The number of allylic oxidation sites excluding steroid dienone is 1. The molecule has 1 aliphatic heterocycles. The molecule has 6 rings (SSSR count). The van der Waals surface area contributed by atoms with Crippen LogP contribution in [0.2, 0.25) is 10.0 Å². The first-order valence-electron chi connectivity index (χ1n) is 13.5. The topological polar surface area (TPSA) is 65.6 Å². The first-order valence-corrected chi connectivity index (χ1v) is 15.1. The van der Waals surface area contributed by atoms with Gasteiger partial charge < -0.3 is 9.30 Å². The summed E-state index contributed by atoms with van der Waals surface area (Å²) in [6.45, 7) is 6.33. The Morgan fingerprint density at radius 1 is 1.07 bits per heavy atom. The van der Waals surface area contributed by atoms with Crippen LogP contribution in [0.4, 0.5) is 0 Å². The summed E-state index contributed by atoms with van der Waals surface area (Å²) in [6.07, 6.45) is 3.93. The average molecular weight is 617 g/mol. The second-order valence-corrected chi connectivity index (χ2v) is 12.0. The van der Waals surface area contributed by atoms with E-state index in [1.165, 1.54) is 11.3 Å². The van der Waals surface area contributed by atoms with E-state index in [1.54, 1.807) is 24.5 Å². The molecular weight excluding hydrogens is 589 g/mol. The van der Waals surface area contributed by atoms with E-state index in [2.05, 4.69) is 4.57 Å². The van der Waals surface area contributed by atoms with Crippen molar-refractivity contribution in [3.8, 4) is 0 Å². The number of benzene rings is 3. The highest BCUT2D eigenvalue weighted by molar-refractivity contribution is 7.07. The van der Waals surface area contributed by atoms with Gasteiger partial charge in [0.2, 0.25) is 0 Å². The fourth-order valence-corrected chi connectivity index (χ4v) is 6.86. The minimum absolute atomic E-state index is 0.212. The normalized spacial score (nSPS) is 15.2. The molecule has 9 heteroatoms. The summed E-state index contributed by atoms with van der Waals surface area (Å²) in [6, 6.07) is 20.7. The van der Waals surface area contributed by atoms with Crippen molar-refractivity contribution in [1.29, 1.82) is 0 Å². The average Bonchev–Trinajstić information content (AvgIpc) is 3.46. The van der Waals surface area contributed by atoms with Gasteiger partial charge >= 0.3 is 5.97 Å². The number of ether oxygens (including phenoxy) is 1. The van der Waals surface area contributed by atoms with E-state index < -0.39 is 12.0 Å². The molecule has 0 saturated heterocycles. The third-order valence-corrected chi connectivity index (χ3v) is 8.94. The smallest absolute Gasteiger partial charge is 0.338 e. The molecule has 42 heavy (non-hydrogen) atoms. The first-order chi connectivity index (χ1) is 20.2.